The summed E-state index contributed by atoms with van der Waals surface area (Å²) >= 11 is 6.04. The monoisotopic (exact) mass is 389 g/mol. The van der Waals surface area contributed by atoms with Gasteiger partial charge in [-0.05, 0) is 18.2 Å². The Hall–Kier alpha value is -2.77. The van der Waals surface area contributed by atoms with Crippen molar-refractivity contribution < 1.29 is 19.3 Å². The molecule has 1 aliphatic rings. The van der Waals surface area contributed by atoms with Gasteiger partial charge in [-0.1, -0.05) is 17.5 Å². The molecule has 1 aromatic carbocycles. The number of imidazole rings is 1. The van der Waals surface area contributed by atoms with Crippen LogP contribution in [0.3, 0.4) is 0 Å². The maximum atomic E-state index is 13.2. The number of aliphatic hydroxyl groups is 2. The molecule has 0 aliphatic carbocycles. The van der Waals surface area contributed by atoms with Gasteiger partial charge in [-0.15, -0.1) is 6.42 Å². The van der Waals surface area contributed by atoms with E-state index in [1.54, 1.807) is 0 Å². The maximum absolute atomic E-state index is 13.2. The summed E-state index contributed by atoms with van der Waals surface area (Å²) in [5.74, 6) is 2.15. The van der Waals surface area contributed by atoms with E-state index in [4.69, 9.17) is 22.8 Å². The Balaban J connectivity index is 1.71. The van der Waals surface area contributed by atoms with Gasteiger partial charge in [-0.25, -0.2) is 19.3 Å². The number of aliphatic hydroxyl groups excluding tert-OH is 2. The van der Waals surface area contributed by atoms with E-state index in [-0.39, 0.29) is 5.02 Å². The summed E-state index contributed by atoms with van der Waals surface area (Å²) in [5, 5.41) is 23.3. The standard InChI is InChI=1S/C17H13ClFN5O3/c1-2-11-13(25)14(26)17(27-11)24-7-22-12-15(20-6-21-16(12)24)23-10-4-3-8(19)5-9(10)18/h1,3-7,11,13-14,17,25-26H,(H,20,21,23)/t11-,13-,14-,17-/m1/s1. The molecule has 0 saturated carbocycles. The van der Waals surface area contributed by atoms with Crippen molar-refractivity contribution in [2.45, 2.75) is 24.5 Å². The number of aromatic nitrogens is 4. The summed E-state index contributed by atoms with van der Waals surface area (Å²) in [4.78, 5) is 12.6. The van der Waals surface area contributed by atoms with E-state index in [0.717, 1.165) is 0 Å². The number of nitrogens with one attached hydrogen (secondary N) is 1. The van der Waals surface area contributed by atoms with Gasteiger partial charge < -0.3 is 20.3 Å². The summed E-state index contributed by atoms with van der Waals surface area (Å²) in [6.07, 6.45) is 3.62. The number of terminal acetylenes is 1. The number of benzene rings is 1. The van der Waals surface area contributed by atoms with Crippen LogP contribution in [0.25, 0.3) is 11.2 Å². The number of rotatable bonds is 3. The molecule has 8 nitrogen and oxygen atoms in total. The van der Waals surface area contributed by atoms with Crippen LogP contribution in [0, 0.1) is 18.2 Å². The Labute approximate surface area is 157 Å². The van der Waals surface area contributed by atoms with Gasteiger partial charge in [0.1, 0.15) is 30.5 Å². The van der Waals surface area contributed by atoms with Crippen molar-refractivity contribution in [1.82, 2.24) is 19.5 Å². The molecular formula is C17H13ClFN5O3. The van der Waals surface area contributed by atoms with Crippen LogP contribution in [0.1, 0.15) is 6.23 Å². The fourth-order valence-corrected chi connectivity index (χ4v) is 3.09. The van der Waals surface area contributed by atoms with E-state index in [2.05, 4.69) is 26.2 Å². The number of hydrogen-bond donors (Lipinski definition) is 3. The van der Waals surface area contributed by atoms with E-state index >= 15 is 0 Å². The van der Waals surface area contributed by atoms with Crippen LogP contribution >= 0.6 is 11.6 Å². The highest BCUT2D eigenvalue weighted by molar-refractivity contribution is 6.33. The lowest BCUT2D eigenvalue weighted by atomic mass is 10.1. The molecule has 0 radical (unpaired) electrons. The third-order valence-corrected chi connectivity index (χ3v) is 4.53. The predicted octanol–water partition coefficient (Wildman–Crippen LogP) is 1.61. The van der Waals surface area contributed by atoms with Gasteiger partial charge in [0.15, 0.2) is 23.2 Å². The second-order valence-electron chi connectivity index (χ2n) is 5.89. The van der Waals surface area contributed by atoms with Gasteiger partial charge in [0.2, 0.25) is 0 Å². The van der Waals surface area contributed by atoms with Gasteiger partial charge in [0.05, 0.1) is 17.0 Å². The molecule has 10 heteroatoms. The van der Waals surface area contributed by atoms with E-state index in [0.29, 0.717) is 22.7 Å². The van der Waals surface area contributed by atoms with Gasteiger partial charge in [-0.3, -0.25) is 4.57 Å². The first-order valence-electron chi connectivity index (χ1n) is 7.87. The highest BCUT2D eigenvalue weighted by Crippen LogP contribution is 2.33. The average Bonchev–Trinajstić information content (AvgIpc) is 3.20. The van der Waals surface area contributed by atoms with Crippen LogP contribution in [-0.2, 0) is 4.74 Å². The number of hydrogen-bond acceptors (Lipinski definition) is 7. The first-order valence-corrected chi connectivity index (χ1v) is 8.24. The van der Waals surface area contributed by atoms with Crippen LogP contribution in [-0.4, -0.2) is 48.0 Å². The third-order valence-electron chi connectivity index (χ3n) is 4.22. The summed E-state index contributed by atoms with van der Waals surface area (Å²) in [6.45, 7) is 0. The van der Waals surface area contributed by atoms with Crippen molar-refractivity contribution in [3.63, 3.8) is 0 Å². The molecule has 4 atom stereocenters. The molecule has 3 N–H and O–H groups in total. The SMILES string of the molecule is C#C[C@H]1O[C@@H](n2cnc3c(Nc4ccc(F)cc4Cl)ncnc32)[C@H](O)[C@@H]1O. The molecule has 0 unspecified atom stereocenters. The Kier molecular flexibility index (Phi) is 4.41. The van der Waals surface area contributed by atoms with Crippen LogP contribution in [0.15, 0.2) is 30.9 Å². The van der Waals surface area contributed by atoms with Gasteiger partial charge in [-0.2, -0.15) is 0 Å². The molecule has 27 heavy (non-hydrogen) atoms. The minimum atomic E-state index is -1.25. The summed E-state index contributed by atoms with van der Waals surface area (Å²) in [6, 6.07) is 3.90. The summed E-state index contributed by atoms with van der Waals surface area (Å²) in [5.41, 5.74) is 1.15. The first-order chi connectivity index (χ1) is 13.0. The second-order valence-corrected chi connectivity index (χ2v) is 6.30. The highest BCUT2D eigenvalue weighted by Gasteiger charge is 2.43. The summed E-state index contributed by atoms with van der Waals surface area (Å²) in [7, 11) is 0. The Morgan fingerprint density at radius 2 is 2.07 bits per heavy atom. The quantitative estimate of drug-likeness (QED) is 0.584. The maximum Gasteiger partial charge on any atom is 0.167 e. The zero-order chi connectivity index (χ0) is 19.1. The van der Waals surface area contributed by atoms with Crippen LogP contribution in [0.4, 0.5) is 15.9 Å². The van der Waals surface area contributed by atoms with Crippen LogP contribution in [0.2, 0.25) is 5.02 Å². The molecule has 1 saturated heterocycles. The number of ether oxygens (including phenoxy) is 1. The lowest BCUT2D eigenvalue weighted by molar-refractivity contribution is -0.0230. The van der Waals surface area contributed by atoms with Crippen molar-refractivity contribution in [2.75, 3.05) is 5.32 Å². The van der Waals surface area contributed by atoms with Crippen molar-refractivity contribution >= 4 is 34.3 Å². The molecule has 2 aromatic heterocycles. The van der Waals surface area contributed by atoms with Crippen molar-refractivity contribution in [2.24, 2.45) is 0 Å². The fraction of sp³-hybridized carbons (Fsp3) is 0.235. The number of halogens is 2. The molecule has 3 heterocycles. The van der Waals surface area contributed by atoms with E-state index in [1.165, 1.54) is 35.4 Å². The second kappa shape index (κ2) is 6.75. The minimum absolute atomic E-state index is 0.177. The molecule has 0 spiro atoms. The Morgan fingerprint density at radius 3 is 2.78 bits per heavy atom. The summed E-state index contributed by atoms with van der Waals surface area (Å²) < 4.78 is 20.2. The molecule has 3 aromatic rings. The molecule has 0 bridgehead atoms. The van der Waals surface area contributed by atoms with Crippen molar-refractivity contribution in [3.8, 4) is 12.3 Å². The van der Waals surface area contributed by atoms with Gasteiger partial charge >= 0.3 is 0 Å². The lowest BCUT2D eigenvalue weighted by Gasteiger charge is -2.16. The van der Waals surface area contributed by atoms with Crippen molar-refractivity contribution in [3.05, 3.63) is 41.7 Å². The predicted molar refractivity (Wildman–Crippen MR) is 94.8 cm³/mol. The fourth-order valence-electron chi connectivity index (χ4n) is 2.87. The first kappa shape index (κ1) is 17.6. The number of anilines is 2. The minimum Gasteiger partial charge on any atom is -0.386 e. The third kappa shape index (κ3) is 2.98. The van der Waals surface area contributed by atoms with Gasteiger partial charge in [0, 0.05) is 0 Å². The lowest BCUT2D eigenvalue weighted by Crippen LogP contribution is -2.30. The average molecular weight is 390 g/mol. The molecule has 138 valence electrons. The normalized spacial score (nSPS) is 24.9. The molecule has 1 aliphatic heterocycles. The molecule has 4 rings (SSSR count). The molecule has 0 amide bonds. The smallest absolute Gasteiger partial charge is 0.167 e. The largest absolute Gasteiger partial charge is 0.386 e. The topological polar surface area (TPSA) is 105 Å². The zero-order valence-corrected chi connectivity index (χ0v) is 14.4. The van der Waals surface area contributed by atoms with E-state index in [9.17, 15) is 14.6 Å². The Bertz CT molecular complexity index is 1050. The van der Waals surface area contributed by atoms with E-state index in [1.807, 2.05) is 0 Å². The van der Waals surface area contributed by atoms with Crippen molar-refractivity contribution in [1.29, 1.82) is 0 Å². The van der Waals surface area contributed by atoms with Crippen LogP contribution in [0.5, 0.6) is 0 Å². The van der Waals surface area contributed by atoms with Crippen LogP contribution < -0.4 is 5.32 Å². The highest BCUT2D eigenvalue weighted by atomic mass is 35.5. The van der Waals surface area contributed by atoms with Gasteiger partial charge in [0.25, 0.3) is 0 Å². The number of fused-ring (bicyclic) bond motifs is 1. The Morgan fingerprint density at radius 1 is 1.26 bits per heavy atom. The molecule has 1 fully saturated rings. The van der Waals surface area contributed by atoms with E-state index < -0.39 is 30.4 Å². The molecular weight excluding hydrogens is 377 g/mol. The zero-order valence-electron chi connectivity index (χ0n) is 13.6. The number of nitrogens with zero attached hydrogens (tertiary/aromatic N) is 4.